The smallest absolute Gasteiger partial charge is 0.0995 e. The van der Waals surface area contributed by atoms with Crippen LogP contribution in [0.4, 0.5) is 0 Å². The van der Waals surface area contributed by atoms with E-state index in [1.54, 1.807) is 6.07 Å². The number of nitrogens with two attached hydrogens (primary N) is 1. The first-order valence-electron chi connectivity index (χ1n) is 4.70. The fourth-order valence-electron chi connectivity index (χ4n) is 2.02. The van der Waals surface area contributed by atoms with Crippen LogP contribution in [0.25, 0.3) is 0 Å². The molecule has 1 aromatic rings. The molecule has 0 aliphatic heterocycles. The van der Waals surface area contributed by atoms with E-state index in [9.17, 15) is 0 Å². The Hall–Kier alpha value is -1.04. The second-order valence-corrected chi connectivity index (χ2v) is 4.07. The normalized spacial score (nSPS) is 19.9. The van der Waals surface area contributed by atoms with Crippen LogP contribution in [0.15, 0.2) is 12.1 Å². The number of nitriles is 1. The lowest BCUT2D eigenvalue weighted by molar-refractivity contribution is 0.570. The van der Waals surface area contributed by atoms with Crippen molar-refractivity contribution in [2.24, 2.45) is 5.73 Å². The topological polar surface area (TPSA) is 49.8 Å². The highest BCUT2D eigenvalue weighted by atomic mass is 35.5. The van der Waals surface area contributed by atoms with Gasteiger partial charge in [-0.2, -0.15) is 5.26 Å². The second kappa shape index (κ2) is 3.61. The van der Waals surface area contributed by atoms with Gasteiger partial charge in [0.2, 0.25) is 0 Å². The average molecular weight is 207 g/mol. The molecule has 0 amide bonds. The van der Waals surface area contributed by atoms with Crippen molar-refractivity contribution in [3.63, 3.8) is 0 Å². The molecule has 0 bridgehead atoms. The fraction of sp³-hybridized carbons (Fsp3) is 0.364. The fourth-order valence-corrected chi connectivity index (χ4v) is 2.25. The summed E-state index contributed by atoms with van der Waals surface area (Å²) in [6, 6.07) is 5.83. The number of halogens is 1. The van der Waals surface area contributed by atoms with Crippen molar-refractivity contribution in [2.75, 3.05) is 0 Å². The third-order valence-corrected chi connectivity index (χ3v) is 2.93. The summed E-state index contributed by atoms with van der Waals surface area (Å²) in [5, 5.41) is 9.56. The number of hydrogen-bond acceptors (Lipinski definition) is 2. The summed E-state index contributed by atoms with van der Waals surface area (Å²) >= 11 is 5.92. The quantitative estimate of drug-likeness (QED) is 0.709. The van der Waals surface area contributed by atoms with Crippen molar-refractivity contribution >= 4 is 11.6 Å². The Balaban J connectivity index is 2.62. The summed E-state index contributed by atoms with van der Waals surface area (Å²) in [6.07, 6.45) is 2.99. The third-order valence-electron chi connectivity index (χ3n) is 2.71. The maximum absolute atomic E-state index is 8.95. The van der Waals surface area contributed by atoms with Crippen molar-refractivity contribution in [1.29, 1.82) is 5.26 Å². The monoisotopic (exact) mass is 206 g/mol. The minimum atomic E-state index is 0.0459. The molecule has 0 saturated heterocycles. The molecule has 0 spiro atoms. The van der Waals surface area contributed by atoms with Crippen LogP contribution in [0.3, 0.4) is 0 Å². The zero-order valence-electron chi connectivity index (χ0n) is 7.76. The molecule has 1 aliphatic rings. The zero-order valence-corrected chi connectivity index (χ0v) is 8.51. The van der Waals surface area contributed by atoms with Crippen LogP contribution < -0.4 is 5.73 Å². The summed E-state index contributed by atoms with van der Waals surface area (Å²) in [5.41, 5.74) is 8.80. The maximum Gasteiger partial charge on any atom is 0.0995 e. The molecule has 3 heteroatoms. The van der Waals surface area contributed by atoms with Crippen molar-refractivity contribution in [3.05, 3.63) is 33.8 Å². The van der Waals surface area contributed by atoms with E-state index in [0.717, 1.165) is 30.4 Å². The molecule has 1 atom stereocenters. The van der Waals surface area contributed by atoms with Crippen molar-refractivity contribution in [2.45, 2.75) is 25.3 Å². The second-order valence-electron chi connectivity index (χ2n) is 3.63. The van der Waals surface area contributed by atoms with Gasteiger partial charge in [0.25, 0.3) is 0 Å². The Kier molecular flexibility index (Phi) is 2.45. The Labute approximate surface area is 88.3 Å². The SMILES string of the molecule is N#Cc1cc(Cl)cc2c1CCC[C@H]2N. The Morgan fingerprint density at radius 1 is 1.50 bits per heavy atom. The molecule has 0 unspecified atom stereocenters. The summed E-state index contributed by atoms with van der Waals surface area (Å²) < 4.78 is 0. The number of nitrogens with zero attached hydrogens (tertiary/aromatic N) is 1. The number of rotatable bonds is 0. The van der Waals surface area contributed by atoms with Crippen molar-refractivity contribution < 1.29 is 0 Å². The first kappa shape index (κ1) is 9.51. The van der Waals surface area contributed by atoms with Gasteiger partial charge in [0.1, 0.15) is 0 Å². The number of hydrogen-bond donors (Lipinski definition) is 1. The van der Waals surface area contributed by atoms with Gasteiger partial charge in [0.05, 0.1) is 11.6 Å². The summed E-state index contributed by atoms with van der Waals surface area (Å²) in [6.45, 7) is 0. The number of fused-ring (bicyclic) bond motifs is 1. The van der Waals surface area contributed by atoms with Crippen LogP contribution in [-0.4, -0.2) is 0 Å². The van der Waals surface area contributed by atoms with Crippen LogP contribution in [-0.2, 0) is 6.42 Å². The van der Waals surface area contributed by atoms with Crippen molar-refractivity contribution in [1.82, 2.24) is 0 Å². The Bertz CT molecular complexity index is 406. The summed E-state index contributed by atoms with van der Waals surface area (Å²) in [5.74, 6) is 0. The number of benzene rings is 1. The molecule has 2 N–H and O–H groups in total. The average Bonchev–Trinajstić information content (AvgIpc) is 2.18. The van der Waals surface area contributed by atoms with Gasteiger partial charge in [-0.25, -0.2) is 0 Å². The molecule has 2 nitrogen and oxygen atoms in total. The van der Waals surface area contributed by atoms with E-state index in [1.165, 1.54) is 0 Å². The predicted molar refractivity (Wildman–Crippen MR) is 56.0 cm³/mol. The highest BCUT2D eigenvalue weighted by Gasteiger charge is 2.20. The van der Waals surface area contributed by atoms with E-state index in [2.05, 4.69) is 6.07 Å². The molecular formula is C11H11ClN2. The van der Waals surface area contributed by atoms with Gasteiger partial charge >= 0.3 is 0 Å². The van der Waals surface area contributed by atoms with Gasteiger partial charge in [-0.1, -0.05) is 11.6 Å². The molecule has 0 aromatic heterocycles. The van der Waals surface area contributed by atoms with E-state index >= 15 is 0 Å². The first-order valence-corrected chi connectivity index (χ1v) is 5.08. The summed E-state index contributed by atoms with van der Waals surface area (Å²) in [7, 11) is 0. The molecule has 1 aromatic carbocycles. The standard InChI is InChI=1S/C11H11ClN2/c12-8-4-7(6-13)9-2-1-3-11(14)10(9)5-8/h4-5,11H,1-3,14H2/t11-/m1/s1. The van der Waals surface area contributed by atoms with E-state index in [0.29, 0.717) is 10.6 Å². The summed E-state index contributed by atoms with van der Waals surface area (Å²) in [4.78, 5) is 0. The lowest BCUT2D eigenvalue weighted by atomic mass is 9.85. The predicted octanol–water partition coefficient (Wildman–Crippen LogP) is 2.55. The minimum Gasteiger partial charge on any atom is -0.324 e. The molecule has 0 heterocycles. The van der Waals surface area contributed by atoms with Crippen LogP contribution in [0.2, 0.25) is 5.02 Å². The molecule has 0 fully saturated rings. The highest BCUT2D eigenvalue weighted by molar-refractivity contribution is 6.30. The Morgan fingerprint density at radius 3 is 3.00 bits per heavy atom. The molecule has 14 heavy (non-hydrogen) atoms. The van der Waals surface area contributed by atoms with Gasteiger partial charge in [0, 0.05) is 11.1 Å². The molecular weight excluding hydrogens is 196 g/mol. The van der Waals surface area contributed by atoms with Crippen LogP contribution in [0.1, 0.15) is 35.6 Å². The van der Waals surface area contributed by atoms with Gasteiger partial charge in [-0.05, 0) is 42.5 Å². The van der Waals surface area contributed by atoms with Gasteiger partial charge < -0.3 is 5.73 Å². The van der Waals surface area contributed by atoms with Crippen LogP contribution >= 0.6 is 11.6 Å². The van der Waals surface area contributed by atoms with E-state index in [1.807, 2.05) is 6.07 Å². The van der Waals surface area contributed by atoms with Crippen LogP contribution in [0.5, 0.6) is 0 Å². The lowest BCUT2D eigenvalue weighted by Crippen LogP contribution is -2.18. The highest BCUT2D eigenvalue weighted by Crippen LogP contribution is 2.32. The lowest BCUT2D eigenvalue weighted by Gasteiger charge is -2.23. The van der Waals surface area contributed by atoms with Gasteiger partial charge in [-0.3, -0.25) is 0 Å². The molecule has 0 radical (unpaired) electrons. The van der Waals surface area contributed by atoms with E-state index in [-0.39, 0.29) is 6.04 Å². The maximum atomic E-state index is 8.95. The minimum absolute atomic E-state index is 0.0459. The van der Waals surface area contributed by atoms with E-state index < -0.39 is 0 Å². The molecule has 1 aliphatic carbocycles. The third kappa shape index (κ3) is 1.50. The first-order chi connectivity index (χ1) is 6.72. The molecule has 0 saturated carbocycles. The van der Waals surface area contributed by atoms with E-state index in [4.69, 9.17) is 22.6 Å². The van der Waals surface area contributed by atoms with Crippen molar-refractivity contribution in [3.8, 4) is 6.07 Å². The molecule has 2 rings (SSSR count). The Morgan fingerprint density at radius 2 is 2.29 bits per heavy atom. The molecule has 72 valence electrons. The zero-order chi connectivity index (χ0) is 10.1. The van der Waals surface area contributed by atoms with Gasteiger partial charge in [0.15, 0.2) is 0 Å². The van der Waals surface area contributed by atoms with Gasteiger partial charge in [-0.15, -0.1) is 0 Å². The largest absolute Gasteiger partial charge is 0.324 e. The van der Waals surface area contributed by atoms with Crippen LogP contribution in [0, 0.1) is 11.3 Å².